The molecule has 1 fully saturated rings. The van der Waals surface area contributed by atoms with Crippen molar-refractivity contribution in [3.05, 3.63) is 64.1 Å². The van der Waals surface area contributed by atoms with Gasteiger partial charge in [0.05, 0.1) is 0 Å². The van der Waals surface area contributed by atoms with Crippen molar-refractivity contribution in [2.75, 3.05) is 22.1 Å². The number of nitrogens with zero attached hydrogens (tertiary/aromatic N) is 3. The molecule has 3 amide bonds. The number of hydrogen-bond donors (Lipinski definition) is 2. The molecule has 4 rings (SSSR count). The number of amides is 3. The molecule has 35 heavy (non-hydrogen) atoms. The van der Waals surface area contributed by atoms with Crippen LogP contribution in [0.1, 0.15) is 54.4 Å². The fourth-order valence-corrected chi connectivity index (χ4v) is 4.96. The Morgan fingerprint density at radius 3 is 2.57 bits per heavy atom. The minimum absolute atomic E-state index is 0.00496. The molecule has 0 radical (unpaired) electrons. The van der Waals surface area contributed by atoms with Crippen LogP contribution in [0.4, 0.5) is 16.5 Å². The van der Waals surface area contributed by atoms with E-state index in [1.54, 1.807) is 41.3 Å². The Bertz CT molecular complexity index is 1230. The molecule has 0 bridgehead atoms. The maximum Gasteiger partial charge on any atom is 0.257 e. The zero-order valence-corrected chi connectivity index (χ0v) is 21.0. The van der Waals surface area contributed by atoms with Crippen molar-refractivity contribution in [2.24, 2.45) is 5.92 Å². The van der Waals surface area contributed by atoms with Crippen molar-refractivity contribution < 1.29 is 14.4 Å². The number of benzene rings is 2. The highest BCUT2D eigenvalue weighted by Crippen LogP contribution is 2.34. The van der Waals surface area contributed by atoms with Crippen molar-refractivity contribution in [1.82, 2.24) is 10.2 Å². The summed E-state index contributed by atoms with van der Waals surface area (Å²) in [6.07, 6.45) is 1.83. The lowest BCUT2D eigenvalue weighted by Crippen LogP contribution is -2.24. The molecule has 0 saturated carbocycles. The Kier molecular flexibility index (Phi) is 7.77. The van der Waals surface area contributed by atoms with Crippen LogP contribution in [-0.4, -0.2) is 34.5 Å². The zero-order chi connectivity index (χ0) is 24.9. The lowest BCUT2D eigenvalue weighted by molar-refractivity contribution is -0.120. The average Bonchev–Trinajstić information content (AvgIpc) is 3.47. The van der Waals surface area contributed by atoms with Crippen LogP contribution in [-0.2, 0) is 9.59 Å². The summed E-state index contributed by atoms with van der Waals surface area (Å²) >= 11 is 7.21. The fraction of sp³-hybridized carbons (Fsp3) is 0.320. The number of hydrogen-bond acceptors (Lipinski definition) is 6. The lowest BCUT2D eigenvalue weighted by Gasteiger charge is -2.16. The smallest absolute Gasteiger partial charge is 0.257 e. The molecular weight excluding hydrogens is 486 g/mol. The van der Waals surface area contributed by atoms with Gasteiger partial charge in [-0.3, -0.25) is 19.7 Å². The van der Waals surface area contributed by atoms with Crippen LogP contribution in [0.5, 0.6) is 0 Å². The normalized spacial score (nSPS) is 15.5. The molecular formula is C25H26ClN5O3S. The minimum atomic E-state index is -0.350. The van der Waals surface area contributed by atoms with Gasteiger partial charge in [-0.05, 0) is 55.3 Å². The monoisotopic (exact) mass is 511 g/mol. The van der Waals surface area contributed by atoms with Gasteiger partial charge in [0.2, 0.25) is 16.9 Å². The molecule has 1 aliphatic heterocycles. The molecule has 8 nitrogen and oxygen atoms in total. The number of aromatic nitrogens is 2. The Morgan fingerprint density at radius 1 is 1.11 bits per heavy atom. The fourth-order valence-electron chi connectivity index (χ4n) is 4.00. The van der Waals surface area contributed by atoms with Gasteiger partial charge < -0.3 is 10.2 Å². The predicted molar refractivity (Wildman–Crippen MR) is 138 cm³/mol. The highest BCUT2D eigenvalue weighted by molar-refractivity contribution is 7.15. The predicted octanol–water partition coefficient (Wildman–Crippen LogP) is 5.34. The summed E-state index contributed by atoms with van der Waals surface area (Å²) in [5.41, 5.74) is 1.75. The number of anilines is 3. The van der Waals surface area contributed by atoms with E-state index in [9.17, 15) is 14.4 Å². The van der Waals surface area contributed by atoms with Gasteiger partial charge in [0, 0.05) is 46.8 Å². The van der Waals surface area contributed by atoms with Crippen LogP contribution >= 0.6 is 22.9 Å². The summed E-state index contributed by atoms with van der Waals surface area (Å²) in [5, 5.41) is 15.6. The van der Waals surface area contributed by atoms with Crippen molar-refractivity contribution in [1.29, 1.82) is 0 Å². The Balaban J connectivity index is 1.39. The van der Waals surface area contributed by atoms with E-state index in [4.69, 9.17) is 11.6 Å². The van der Waals surface area contributed by atoms with E-state index >= 15 is 0 Å². The van der Waals surface area contributed by atoms with Crippen LogP contribution in [0.2, 0.25) is 5.02 Å². The van der Waals surface area contributed by atoms with Gasteiger partial charge in [0.15, 0.2) is 0 Å². The standard InChI is InChI=1S/C25H26ClN5O3S/c1-3-15(4-2)22(33)27-19-7-5-6-16(12-19)23(34)28-25-30-29-24(35-25)17-13-21(32)31(14-17)20-10-8-18(26)9-11-20/h5-12,15,17H,3-4,13-14H2,1-2H3,(H,27,33)(H,28,30,34). The van der Waals surface area contributed by atoms with Gasteiger partial charge in [-0.25, -0.2) is 0 Å². The van der Waals surface area contributed by atoms with Crippen molar-refractivity contribution in [3.63, 3.8) is 0 Å². The van der Waals surface area contributed by atoms with E-state index in [1.807, 2.05) is 26.0 Å². The Labute approximate surface area is 212 Å². The highest BCUT2D eigenvalue weighted by Gasteiger charge is 2.34. The van der Waals surface area contributed by atoms with Gasteiger partial charge in [0.1, 0.15) is 5.01 Å². The number of nitrogens with one attached hydrogen (secondary N) is 2. The molecule has 2 heterocycles. The van der Waals surface area contributed by atoms with Crippen LogP contribution in [0.3, 0.4) is 0 Å². The third-order valence-corrected chi connectivity index (χ3v) is 7.28. The maximum atomic E-state index is 12.8. The van der Waals surface area contributed by atoms with Crippen LogP contribution in [0, 0.1) is 5.92 Å². The summed E-state index contributed by atoms with van der Waals surface area (Å²) in [4.78, 5) is 39.4. The molecule has 1 aromatic heterocycles. The van der Waals surface area contributed by atoms with Gasteiger partial charge in [-0.15, -0.1) is 10.2 Å². The second kappa shape index (κ2) is 11.0. The van der Waals surface area contributed by atoms with E-state index < -0.39 is 0 Å². The average molecular weight is 512 g/mol. The minimum Gasteiger partial charge on any atom is -0.326 e. The number of rotatable bonds is 8. The first-order valence-electron chi connectivity index (χ1n) is 11.5. The first-order chi connectivity index (χ1) is 16.9. The summed E-state index contributed by atoms with van der Waals surface area (Å²) in [6, 6.07) is 13.9. The van der Waals surface area contributed by atoms with Crippen molar-refractivity contribution in [3.8, 4) is 0 Å². The third-order valence-electron chi connectivity index (χ3n) is 6.02. The number of carbonyl (C=O) groups excluding carboxylic acids is 3. The van der Waals surface area contributed by atoms with E-state index in [0.717, 1.165) is 18.5 Å². The molecule has 1 aliphatic rings. The zero-order valence-electron chi connectivity index (χ0n) is 19.5. The molecule has 1 saturated heterocycles. The summed E-state index contributed by atoms with van der Waals surface area (Å²) < 4.78 is 0. The topological polar surface area (TPSA) is 104 Å². The molecule has 2 N–H and O–H groups in total. The van der Waals surface area contributed by atoms with E-state index in [2.05, 4.69) is 20.8 Å². The largest absolute Gasteiger partial charge is 0.326 e. The highest BCUT2D eigenvalue weighted by atomic mass is 35.5. The van der Waals surface area contributed by atoms with Crippen molar-refractivity contribution in [2.45, 2.75) is 39.0 Å². The molecule has 0 spiro atoms. The molecule has 182 valence electrons. The van der Waals surface area contributed by atoms with Gasteiger partial charge in [-0.1, -0.05) is 42.9 Å². The molecule has 1 atom stereocenters. The van der Waals surface area contributed by atoms with Gasteiger partial charge in [0.25, 0.3) is 5.91 Å². The van der Waals surface area contributed by atoms with E-state index in [1.165, 1.54) is 11.3 Å². The van der Waals surface area contributed by atoms with E-state index in [-0.39, 0.29) is 29.6 Å². The third kappa shape index (κ3) is 5.86. The first-order valence-corrected chi connectivity index (χ1v) is 12.7. The maximum absolute atomic E-state index is 12.8. The van der Waals surface area contributed by atoms with E-state index in [0.29, 0.717) is 39.4 Å². The quantitative estimate of drug-likeness (QED) is 0.425. The Morgan fingerprint density at radius 2 is 1.86 bits per heavy atom. The molecule has 10 heteroatoms. The summed E-state index contributed by atoms with van der Waals surface area (Å²) in [5.74, 6) is -0.572. The van der Waals surface area contributed by atoms with Crippen molar-refractivity contribution >= 4 is 57.2 Å². The van der Waals surface area contributed by atoms with Gasteiger partial charge in [-0.2, -0.15) is 0 Å². The SMILES string of the molecule is CCC(CC)C(=O)Nc1cccc(C(=O)Nc2nnc(C3CC(=O)N(c4ccc(Cl)cc4)C3)s2)c1. The molecule has 3 aromatic rings. The number of halogens is 1. The van der Waals surface area contributed by atoms with Crippen LogP contribution in [0.15, 0.2) is 48.5 Å². The molecule has 0 aliphatic carbocycles. The first kappa shape index (κ1) is 24.8. The second-order valence-electron chi connectivity index (χ2n) is 8.36. The lowest BCUT2D eigenvalue weighted by atomic mass is 10.0. The molecule has 1 unspecified atom stereocenters. The second-order valence-corrected chi connectivity index (χ2v) is 9.81. The summed E-state index contributed by atoms with van der Waals surface area (Å²) in [7, 11) is 0. The van der Waals surface area contributed by atoms with Gasteiger partial charge >= 0.3 is 0 Å². The molecule has 2 aromatic carbocycles. The number of carbonyl (C=O) groups is 3. The summed E-state index contributed by atoms with van der Waals surface area (Å²) in [6.45, 7) is 4.44. The van der Waals surface area contributed by atoms with Crippen LogP contribution < -0.4 is 15.5 Å². The van der Waals surface area contributed by atoms with Crippen LogP contribution in [0.25, 0.3) is 0 Å². The Hall–Kier alpha value is -3.30.